The molecule has 33 heavy (non-hydrogen) atoms. The molecule has 4 heterocycles. The third-order valence-electron chi connectivity index (χ3n) is 5.59. The Kier molecular flexibility index (Phi) is 5.46. The fourth-order valence-electron chi connectivity index (χ4n) is 3.81. The Balaban J connectivity index is 1.42. The molecule has 0 aliphatic carbocycles. The first-order valence-corrected chi connectivity index (χ1v) is 11.5. The van der Waals surface area contributed by atoms with Gasteiger partial charge in [-0.15, -0.1) is 0 Å². The molecule has 9 heteroatoms. The molecule has 1 amide bonds. The van der Waals surface area contributed by atoms with Crippen LogP contribution < -0.4 is 10.1 Å². The Morgan fingerprint density at radius 1 is 1.27 bits per heavy atom. The van der Waals surface area contributed by atoms with Gasteiger partial charge in [0.05, 0.1) is 35.6 Å². The van der Waals surface area contributed by atoms with Crippen LogP contribution in [0.2, 0.25) is 0 Å². The highest BCUT2D eigenvalue weighted by atomic mass is 32.2. The molecule has 170 valence electrons. The number of benzene rings is 1. The number of pyridine rings is 1. The average Bonchev–Trinajstić information content (AvgIpc) is 3.15. The smallest absolute Gasteiger partial charge is 0.237 e. The van der Waals surface area contributed by atoms with E-state index in [1.165, 1.54) is 18.1 Å². The van der Waals surface area contributed by atoms with Crippen molar-refractivity contribution in [1.29, 1.82) is 0 Å². The summed E-state index contributed by atoms with van der Waals surface area (Å²) in [6, 6.07) is 9.28. The van der Waals surface area contributed by atoms with Crippen LogP contribution in [0.1, 0.15) is 32.0 Å². The van der Waals surface area contributed by atoms with Crippen molar-refractivity contribution < 1.29 is 18.7 Å². The molecular formula is C24H24N4O4S. The number of rotatable bonds is 5. The van der Waals surface area contributed by atoms with Crippen LogP contribution in [0.5, 0.6) is 5.75 Å². The van der Waals surface area contributed by atoms with Gasteiger partial charge in [-0.1, -0.05) is 17.8 Å². The molecule has 0 bridgehead atoms. The summed E-state index contributed by atoms with van der Waals surface area (Å²) in [5, 5.41) is 3.92. The Morgan fingerprint density at radius 3 is 2.94 bits per heavy atom. The van der Waals surface area contributed by atoms with Gasteiger partial charge in [0.25, 0.3) is 0 Å². The first kappa shape index (κ1) is 21.7. The molecule has 0 spiro atoms. The van der Waals surface area contributed by atoms with Crippen molar-refractivity contribution in [2.24, 2.45) is 0 Å². The Hall–Kier alpha value is -3.17. The minimum Gasteiger partial charge on any atom is -0.497 e. The summed E-state index contributed by atoms with van der Waals surface area (Å²) >= 11 is 1.32. The normalized spacial score (nSPS) is 15.9. The van der Waals surface area contributed by atoms with Gasteiger partial charge in [-0.05, 0) is 39.0 Å². The van der Waals surface area contributed by atoms with Crippen LogP contribution in [0.3, 0.4) is 0 Å². The van der Waals surface area contributed by atoms with Gasteiger partial charge in [0.15, 0.2) is 5.58 Å². The maximum absolute atomic E-state index is 12.8. The van der Waals surface area contributed by atoms with Crippen molar-refractivity contribution in [2.75, 3.05) is 12.4 Å². The van der Waals surface area contributed by atoms with Crippen molar-refractivity contribution in [3.05, 3.63) is 47.9 Å². The average molecular weight is 465 g/mol. The molecule has 0 fully saturated rings. The second-order valence-electron chi connectivity index (χ2n) is 8.61. The minimum atomic E-state index is -0.419. The Labute approximate surface area is 195 Å². The third kappa shape index (κ3) is 4.26. The van der Waals surface area contributed by atoms with E-state index in [0.29, 0.717) is 46.3 Å². The van der Waals surface area contributed by atoms with Gasteiger partial charge in [0.2, 0.25) is 11.6 Å². The predicted octanol–water partition coefficient (Wildman–Crippen LogP) is 4.75. The maximum Gasteiger partial charge on any atom is 0.237 e. The van der Waals surface area contributed by atoms with Gasteiger partial charge in [-0.2, -0.15) is 0 Å². The molecule has 4 aromatic rings. The lowest BCUT2D eigenvalue weighted by Crippen LogP contribution is -2.32. The summed E-state index contributed by atoms with van der Waals surface area (Å²) in [4.78, 5) is 26.4. The summed E-state index contributed by atoms with van der Waals surface area (Å²) in [5.74, 6) is 0.529. The summed E-state index contributed by atoms with van der Waals surface area (Å²) < 4.78 is 17.3. The largest absolute Gasteiger partial charge is 0.497 e. The quantitative estimate of drug-likeness (QED) is 0.334. The number of nitrogens with zero attached hydrogens (tertiary/aromatic N) is 3. The lowest BCUT2D eigenvalue weighted by molar-refractivity contribution is -0.115. The topological polar surface area (TPSA) is 99.4 Å². The van der Waals surface area contributed by atoms with Crippen molar-refractivity contribution in [1.82, 2.24) is 15.0 Å². The van der Waals surface area contributed by atoms with E-state index in [0.717, 1.165) is 16.6 Å². The first-order valence-electron chi connectivity index (χ1n) is 10.6. The fourth-order valence-corrected chi connectivity index (χ4v) is 4.67. The zero-order valence-electron chi connectivity index (χ0n) is 18.8. The van der Waals surface area contributed by atoms with Crippen LogP contribution in [-0.4, -0.2) is 38.8 Å². The van der Waals surface area contributed by atoms with Crippen LogP contribution in [0.15, 0.2) is 46.1 Å². The number of nitrogens with one attached hydrogen (secondary N) is 1. The second kappa shape index (κ2) is 8.31. The zero-order chi connectivity index (χ0) is 23.2. The lowest BCUT2D eigenvalue weighted by atomic mass is 9.95. The maximum atomic E-state index is 12.8. The molecule has 1 aromatic carbocycles. The number of ether oxygens (including phenoxy) is 2. The Bertz CT molecular complexity index is 1370. The van der Waals surface area contributed by atoms with E-state index in [2.05, 4.69) is 29.1 Å². The number of hydrogen-bond acceptors (Lipinski definition) is 8. The van der Waals surface area contributed by atoms with E-state index in [1.54, 1.807) is 13.2 Å². The molecule has 0 radical (unpaired) electrons. The van der Waals surface area contributed by atoms with Gasteiger partial charge < -0.3 is 19.2 Å². The van der Waals surface area contributed by atoms with Gasteiger partial charge in [0, 0.05) is 23.7 Å². The van der Waals surface area contributed by atoms with Gasteiger partial charge in [-0.3, -0.25) is 4.79 Å². The molecule has 1 aliphatic heterocycles. The molecular weight excluding hydrogens is 440 g/mol. The number of methoxy groups -OCH3 is 1. The van der Waals surface area contributed by atoms with Crippen molar-refractivity contribution in [2.45, 2.75) is 49.7 Å². The predicted molar refractivity (Wildman–Crippen MR) is 127 cm³/mol. The lowest BCUT2D eigenvalue weighted by Gasteiger charge is -2.30. The number of carbonyl (C=O) groups excluding carboxylic acids is 1. The van der Waals surface area contributed by atoms with E-state index in [-0.39, 0.29) is 11.5 Å². The molecule has 1 unspecified atom stereocenters. The van der Waals surface area contributed by atoms with E-state index < -0.39 is 5.25 Å². The standard InChI is InChI=1S/C24H24N4O4S/c1-13(21(29)27-15-6-5-7-16(9-15)30-4)33-23-20-19(25-12-26-23)17-8-14-11-31-24(2,3)10-18(14)28-22(17)32-20/h5-9,12-13H,10-11H2,1-4H3,(H,27,29). The van der Waals surface area contributed by atoms with Crippen LogP contribution in [-0.2, 0) is 22.6 Å². The van der Waals surface area contributed by atoms with E-state index in [9.17, 15) is 4.79 Å². The van der Waals surface area contributed by atoms with Crippen LogP contribution in [0, 0.1) is 0 Å². The molecule has 5 rings (SSSR count). The molecule has 1 N–H and O–H groups in total. The van der Waals surface area contributed by atoms with E-state index in [1.807, 2.05) is 31.2 Å². The number of furan rings is 1. The van der Waals surface area contributed by atoms with Gasteiger partial charge >= 0.3 is 0 Å². The second-order valence-corrected chi connectivity index (χ2v) is 9.94. The number of amides is 1. The SMILES string of the molecule is COc1cccc(NC(=O)C(C)Sc2ncnc3c2oc2nc4c(cc23)COC(C)(C)C4)c1. The molecule has 0 saturated carbocycles. The van der Waals surface area contributed by atoms with Crippen LogP contribution >= 0.6 is 11.8 Å². The van der Waals surface area contributed by atoms with Crippen molar-refractivity contribution >= 4 is 45.6 Å². The molecule has 8 nitrogen and oxygen atoms in total. The van der Waals surface area contributed by atoms with E-state index >= 15 is 0 Å². The first-order chi connectivity index (χ1) is 15.8. The monoisotopic (exact) mass is 464 g/mol. The number of thioether (sulfide) groups is 1. The third-order valence-corrected chi connectivity index (χ3v) is 6.67. The number of carbonyl (C=O) groups is 1. The van der Waals surface area contributed by atoms with Crippen molar-refractivity contribution in [3.63, 3.8) is 0 Å². The number of anilines is 1. The van der Waals surface area contributed by atoms with Gasteiger partial charge in [0.1, 0.15) is 22.6 Å². The summed E-state index contributed by atoms with van der Waals surface area (Å²) in [6.07, 6.45) is 2.20. The van der Waals surface area contributed by atoms with Crippen LogP contribution in [0.4, 0.5) is 5.69 Å². The molecule has 1 atom stereocenters. The zero-order valence-corrected chi connectivity index (χ0v) is 19.7. The summed E-state index contributed by atoms with van der Waals surface area (Å²) in [7, 11) is 1.59. The van der Waals surface area contributed by atoms with E-state index in [4.69, 9.17) is 18.9 Å². The molecule has 1 aliphatic rings. The highest BCUT2D eigenvalue weighted by Gasteiger charge is 2.29. The molecule has 3 aromatic heterocycles. The Morgan fingerprint density at radius 2 is 2.12 bits per heavy atom. The highest BCUT2D eigenvalue weighted by Crippen LogP contribution is 2.36. The van der Waals surface area contributed by atoms with Gasteiger partial charge in [-0.25, -0.2) is 15.0 Å². The number of aromatic nitrogens is 3. The minimum absolute atomic E-state index is 0.149. The summed E-state index contributed by atoms with van der Waals surface area (Å²) in [6.45, 7) is 6.44. The van der Waals surface area contributed by atoms with Crippen molar-refractivity contribution in [3.8, 4) is 5.75 Å². The van der Waals surface area contributed by atoms with Crippen LogP contribution in [0.25, 0.3) is 22.2 Å². The highest BCUT2D eigenvalue weighted by molar-refractivity contribution is 8.00. The summed E-state index contributed by atoms with van der Waals surface area (Å²) in [5.41, 5.74) is 4.18. The fraction of sp³-hybridized carbons (Fsp3) is 0.333. The number of fused-ring (bicyclic) bond motifs is 4. The molecule has 0 saturated heterocycles. The number of hydrogen-bond donors (Lipinski definition) is 1.